The van der Waals surface area contributed by atoms with E-state index in [0.717, 1.165) is 29.4 Å². The Hall–Kier alpha value is -2.43. The van der Waals surface area contributed by atoms with Gasteiger partial charge in [-0.25, -0.2) is 0 Å². The second-order valence-corrected chi connectivity index (χ2v) is 5.91. The van der Waals surface area contributed by atoms with E-state index in [4.69, 9.17) is 5.11 Å². The van der Waals surface area contributed by atoms with E-state index in [1.165, 1.54) is 0 Å². The quantitative estimate of drug-likeness (QED) is 0.890. The zero-order chi connectivity index (χ0) is 16.4. The first-order valence-electron chi connectivity index (χ1n) is 8.01. The van der Waals surface area contributed by atoms with Crippen molar-refractivity contribution in [3.63, 3.8) is 0 Å². The highest BCUT2D eigenvalue weighted by Crippen LogP contribution is 2.40. The van der Waals surface area contributed by atoms with Crippen molar-refractivity contribution in [3.05, 3.63) is 41.6 Å². The Bertz CT molecular complexity index is 753. The van der Waals surface area contributed by atoms with Crippen molar-refractivity contribution in [2.75, 3.05) is 13.1 Å². The lowest BCUT2D eigenvalue weighted by Gasteiger charge is -2.21. The number of carboxylic acid groups (broad SMARTS) is 1. The number of hydrogen-bond donors (Lipinski definition) is 1. The molecule has 5 nitrogen and oxygen atoms in total. The molecule has 5 heteroatoms. The molecule has 1 saturated carbocycles. The van der Waals surface area contributed by atoms with Gasteiger partial charge in [0.25, 0.3) is 5.91 Å². The molecule has 1 N–H and O–H groups in total. The summed E-state index contributed by atoms with van der Waals surface area (Å²) in [6, 6.07) is 9.53. The Morgan fingerprint density at radius 1 is 1.30 bits per heavy atom. The maximum Gasteiger partial charge on any atom is 0.305 e. The molecular formula is C18H20N2O3. The molecular weight excluding hydrogens is 292 g/mol. The van der Waals surface area contributed by atoms with Gasteiger partial charge < -0.3 is 10.0 Å². The summed E-state index contributed by atoms with van der Waals surface area (Å²) in [5, 5.41) is 9.69. The van der Waals surface area contributed by atoms with Crippen LogP contribution in [0.3, 0.4) is 0 Å². The van der Waals surface area contributed by atoms with Gasteiger partial charge in [-0.05, 0) is 31.9 Å². The molecule has 1 aliphatic rings. The molecule has 1 amide bonds. The van der Waals surface area contributed by atoms with Crippen LogP contribution in [0.15, 0.2) is 30.3 Å². The number of hydrogen-bond acceptors (Lipinski definition) is 3. The van der Waals surface area contributed by atoms with Crippen LogP contribution in [0.25, 0.3) is 10.9 Å². The maximum atomic E-state index is 12.9. The van der Waals surface area contributed by atoms with Crippen molar-refractivity contribution in [1.82, 2.24) is 9.88 Å². The number of aliphatic carboxylic acids is 1. The standard InChI is InChI=1S/C18H20N2O3/c1-2-20(10-9-17(21)22)18(23)14-11-16(12-7-8-12)19-15-6-4-3-5-13(14)15/h3-6,11-12H,2,7-10H2,1H3,(H,21,22). The van der Waals surface area contributed by atoms with Crippen LogP contribution in [-0.4, -0.2) is 40.0 Å². The summed E-state index contributed by atoms with van der Waals surface area (Å²) in [6.45, 7) is 2.58. The molecule has 0 spiro atoms. The van der Waals surface area contributed by atoms with Crippen molar-refractivity contribution in [2.24, 2.45) is 0 Å². The second kappa shape index (κ2) is 6.36. The second-order valence-electron chi connectivity index (χ2n) is 5.91. The summed E-state index contributed by atoms with van der Waals surface area (Å²) < 4.78 is 0. The van der Waals surface area contributed by atoms with Gasteiger partial charge in [0.15, 0.2) is 0 Å². The number of nitrogens with zero attached hydrogens (tertiary/aromatic N) is 2. The SMILES string of the molecule is CCN(CCC(=O)O)C(=O)c1cc(C2CC2)nc2ccccc12. The van der Waals surface area contributed by atoms with Crippen LogP contribution in [0, 0.1) is 0 Å². The van der Waals surface area contributed by atoms with E-state index in [9.17, 15) is 9.59 Å². The summed E-state index contributed by atoms with van der Waals surface area (Å²) in [4.78, 5) is 30.0. The summed E-state index contributed by atoms with van der Waals surface area (Å²) in [5.74, 6) is -0.552. The molecule has 0 atom stereocenters. The third-order valence-corrected chi connectivity index (χ3v) is 4.23. The first-order valence-corrected chi connectivity index (χ1v) is 8.01. The van der Waals surface area contributed by atoms with E-state index < -0.39 is 5.97 Å². The molecule has 1 heterocycles. The Kier molecular flexibility index (Phi) is 4.28. The van der Waals surface area contributed by atoms with Gasteiger partial charge in [-0.1, -0.05) is 18.2 Å². The lowest BCUT2D eigenvalue weighted by molar-refractivity contribution is -0.137. The minimum atomic E-state index is -0.894. The first-order chi connectivity index (χ1) is 11.1. The topological polar surface area (TPSA) is 70.5 Å². The molecule has 3 rings (SSSR count). The average molecular weight is 312 g/mol. The molecule has 0 bridgehead atoms. The molecule has 1 fully saturated rings. The Labute approximate surface area is 134 Å². The molecule has 0 aliphatic heterocycles. The highest BCUT2D eigenvalue weighted by Gasteiger charge is 2.27. The predicted molar refractivity (Wildman–Crippen MR) is 87.5 cm³/mol. The van der Waals surface area contributed by atoms with Crippen LogP contribution in [0.4, 0.5) is 0 Å². The summed E-state index contributed by atoms with van der Waals surface area (Å²) in [5.41, 5.74) is 2.43. The fourth-order valence-corrected chi connectivity index (χ4v) is 2.77. The lowest BCUT2D eigenvalue weighted by Crippen LogP contribution is -2.33. The van der Waals surface area contributed by atoms with Crippen LogP contribution in [-0.2, 0) is 4.79 Å². The normalized spacial score (nSPS) is 14.0. The van der Waals surface area contributed by atoms with Crippen LogP contribution >= 0.6 is 0 Å². The van der Waals surface area contributed by atoms with Gasteiger partial charge in [0.1, 0.15) is 0 Å². The predicted octanol–water partition coefficient (Wildman–Crippen LogP) is 3.05. The monoisotopic (exact) mass is 312 g/mol. The molecule has 23 heavy (non-hydrogen) atoms. The van der Waals surface area contributed by atoms with Crippen LogP contribution < -0.4 is 0 Å². The number of fused-ring (bicyclic) bond motifs is 1. The number of para-hydroxylation sites is 1. The number of benzene rings is 1. The van der Waals surface area contributed by atoms with E-state index in [1.807, 2.05) is 37.3 Å². The third kappa shape index (κ3) is 3.33. The van der Waals surface area contributed by atoms with E-state index in [-0.39, 0.29) is 18.9 Å². The number of rotatable bonds is 6. The zero-order valence-corrected chi connectivity index (χ0v) is 13.2. The number of carbonyl (C=O) groups excluding carboxylic acids is 1. The number of aromatic nitrogens is 1. The van der Waals surface area contributed by atoms with E-state index in [2.05, 4.69) is 4.98 Å². The molecule has 0 unspecified atom stereocenters. The van der Waals surface area contributed by atoms with Gasteiger partial charge in [0.05, 0.1) is 17.5 Å². The largest absolute Gasteiger partial charge is 0.481 e. The lowest BCUT2D eigenvalue weighted by atomic mass is 10.0. The minimum Gasteiger partial charge on any atom is -0.481 e. The van der Waals surface area contributed by atoms with Crippen LogP contribution in [0.5, 0.6) is 0 Å². The molecule has 0 saturated heterocycles. The summed E-state index contributed by atoms with van der Waals surface area (Å²) >= 11 is 0. The van der Waals surface area contributed by atoms with E-state index in [0.29, 0.717) is 18.0 Å². The highest BCUT2D eigenvalue weighted by molar-refractivity contribution is 6.06. The molecule has 0 radical (unpaired) electrons. The summed E-state index contributed by atoms with van der Waals surface area (Å²) in [7, 11) is 0. The molecule has 1 aromatic carbocycles. The van der Waals surface area contributed by atoms with Crippen molar-refractivity contribution in [2.45, 2.75) is 32.1 Å². The highest BCUT2D eigenvalue weighted by atomic mass is 16.4. The molecule has 1 aliphatic carbocycles. The number of carboxylic acids is 1. The average Bonchev–Trinajstić information content (AvgIpc) is 3.38. The molecule has 120 valence electrons. The Balaban J connectivity index is 1.99. The van der Waals surface area contributed by atoms with Gasteiger partial charge in [-0.2, -0.15) is 0 Å². The Morgan fingerprint density at radius 2 is 2.04 bits per heavy atom. The third-order valence-electron chi connectivity index (χ3n) is 4.23. The van der Waals surface area contributed by atoms with Gasteiger partial charge in [-0.3, -0.25) is 14.6 Å². The van der Waals surface area contributed by atoms with Gasteiger partial charge in [-0.15, -0.1) is 0 Å². The Morgan fingerprint density at radius 3 is 2.70 bits per heavy atom. The number of amides is 1. The fraction of sp³-hybridized carbons (Fsp3) is 0.389. The molecule has 1 aromatic heterocycles. The van der Waals surface area contributed by atoms with Crippen LogP contribution in [0.2, 0.25) is 0 Å². The van der Waals surface area contributed by atoms with Crippen LogP contribution in [0.1, 0.15) is 48.2 Å². The van der Waals surface area contributed by atoms with Crippen molar-refractivity contribution in [1.29, 1.82) is 0 Å². The smallest absolute Gasteiger partial charge is 0.305 e. The fourth-order valence-electron chi connectivity index (χ4n) is 2.77. The molecule has 2 aromatic rings. The maximum absolute atomic E-state index is 12.9. The van der Waals surface area contributed by atoms with Gasteiger partial charge >= 0.3 is 5.97 Å². The van der Waals surface area contributed by atoms with Crippen molar-refractivity contribution in [3.8, 4) is 0 Å². The van der Waals surface area contributed by atoms with E-state index >= 15 is 0 Å². The van der Waals surface area contributed by atoms with Gasteiger partial charge in [0.2, 0.25) is 0 Å². The summed E-state index contributed by atoms with van der Waals surface area (Å²) in [6.07, 6.45) is 2.20. The number of pyridine rings is 1. The number of carbonyl (C=O) groups is 2. The van der Waals surface area contributed by atoms with Gasteiger partial charge in [0, 0.05) is 30.1 Å². The van der Waals surface area contributed by atoms with E-state index in [1.54, 1.807) is 4.90 Å². The minimum absolute atomic E-state index is 0.0436. The first kappa shape index (κ1) is 15.5. The zero-order valence-electron chi connectivity index (χ0n) is 13.2. The van der Waals surface area contributed by atoms with Crippen molar-refractivity contribution >= 4 is 22.8 Å². The van der Waals surface area contributed by atoms with Crippen molar-refractivity contribution < 1.29 is 14.7 Å².